The van der Waals surface area contributed by atoms with Gasteiger partial charge in [-0.2, -0.15) is 4.98 Å². The van der Waals surface area contributed by atoms with Gasteiger partial charge in [-0.1, -0.05) is 19.0 Å². The average molecular weight is 252 g/mol. The summed E-state index contributed by atoms with van der Waals surface area (Å²) in [6, 6.07) is -0.00948. The maximum absolute atomic E-state index is 5.96. The van der Waals surface area contributed by atoms with Crippen molar-refractivity contribution in [3.8, 4) is 10.7 Å². The fourth-order valence-corrected chi connectivity index (χ4v) is 2.46. The van der Waals surface area contributed by atoms with Gasteiger partial charge >= 0.3 is 0 Å². The van der Waals surface area contributed by atoms with E-state index in [1.165, 1.54) is 11.3 Å². The molecule has 0 aliphatic carbocycles. The van der Waals surface area contributed by atoms with Gasteiger partial charge in [0.2, 0.25) is 11.7 Å². The number of nitrogens with zero attached hydrogens (tertiary/aromatic N) is 3. The maximum Gasteiger partial charge on any atom is 0.231 e. The monoisotopic (exact) mass is 252 g/mol. The summed E-state index contributed by atoms with van der Waals surface area (Å²) in [6.45, 7) is 6.16. The molecule has 2 unspecified atom stereocenters. The van der Waals surface area contributed by atoms with Crippen LogP contribution < -0.4 is 5.73 Å². The fourth-order valence-electron chi connectivity index (χ4n) is 1.91. The Morgan fingerprint density at radius 3 is 2.65 bits per heavy atom. The molecule has 0 radical (unpaired) electrons. The normalized spacial score (nSPS) is 15.1. The van der Waals surface area contributed by atoms with Gasteiger partial charge in [-0.05, 0) is 12.8 Å². The third-order valence-corrected chi connectivity index (χ3v) is 3.43. The van der Waals surface area contributed by atoms with Crippen molar-refractivity contribution in [1.82, 2.24) is 15.1 Å². The molecule has 2 aromatic rings. The van der Waals surface area contributed by atoms with E-state index in [2.05, 4.69) is 29.0 Å². The molecule has 17 heavy (non-hydrogen) atoms. The van der Waals surface area contributed by atoms with Crippen molar-refractivity contribution in [1.29, 1.82) is 0 Å². The first-order valence-electron chi connectivity index (χ1n) is 5.57. The molecule has 5 nitrogen and oxygen atoms in total. The molecule has 0 bridgehead atoms. The van der Waals surface area contributed by atoms with Crippen molar-refractivity contribution >= 4 is 11.3 Å². The van der Waals surface area contributed by atoms with Gasteiger partial charge in [-0.25, -0.2) is 0 Å². The van der Waals surface area contributed by atoms with Crippen LogP contribution in [-0.4, -0.2) is 21.2 Å². The van der Waals surface area contributed by atoms with Crippen LogP contribution in [0.3, 0.4) is 0 Å². The van der Waals surface area contributed by atoms with Crippen molar-refractivity contribution in [2.75, 3.05) is 0 Å². The van der Waals surface area contributed by atoms with Gasteiger partial charge in [0.15, 0.2) is 0 Å². The zero-order valence-electron chi connectivity index (χ0n) is 10.1. The third kappa shape index (κ3) is 2.53. The number of thiazole rings is 1. The second kappa shape index (κ2) is 4.93. The van der Waals surface area contributed by atoms with E-state index in [0.717, 1.165) is 4.88 Å². The average Bonchev–Trinajstić information content (AvgIpc) is 2.83. The SMILES string of the molecule is CC(C)C(c1nc(-c2cncs2)no1)C(C)N. The zero-order valence-corrected chi connectivity index (χ0v) is 10.9. The summed E-state index contributed by atoms with van der Waals surface area (Å²) in [6.07, 6.45) is 1.73. The molecule has 6 heteroatoms. The summed E-state index contributed by atoms with van der Waals surface area (Å²) in [5, 5.41) is 3.97. The van der Waals surface area contributed by atoms with Crippen molar-refractivity contribution in [2.24, 2.45) is 11.7 Å². The maximum atomic E-state index is 5.96. The molecule has 0 aliphatic rings. The van der Waals surface area contributed by atoms with Crippen LogP contribution in [0, 0.1) is 5.92 Å². The van der Waals surface area contributed by atoms with Gasteiger partial charge in [-0.15, -0.1) is 11.3 Å². The molecule has 92 valence electrons. The Labute approximate surface area is 104 Å². The molecule has 0 spiro atoms. The highest BCUT2D eigenvalue weighted by Gasteiger charge is 2.26. The van der Waals surface area contributed by atoms with Gasteiger partial charge in [0.1, 0.15) is 0 Å². The Balaban J connectivity index is 2.28. The van der Waals surface area contributed by atoms with Crippen molar-refractivity contribution < 1.29 is 4.52 Å². The summed E-state index contributed by atoms with van der Waals surface area (Å²) in [7, 11) is 0. The van der Waals surface area contributed by atoms with Gasteiger partial charge in [-0.3, -0.25) is 4.98 Å². The third-order valence-electron chi connectivity index (χ3n) is 2.66. The summed E-state index contributed by atoms with van der Waals surface area (Å²) in [4.78, 5) is 9.31. The standard InChI is InChI=1S/C11H16N4OS/c1-6(2)9(7(3)12)11-14-10(15-16-11)8-4-13-5-17-8/h4-7,9H,12H2,1-3H3. The quantitative estimate of drug-likeness (QED) is 0.903. The number of rotatable bonds is 4. The van der Waals surface area contributed by atoms with Crippen LogP contribution in [-0.2, 0) is 0 Å². The van der Waals surface area contributed by atoms with Crippen LogP contribution >= 0.6 is 11.3 Å². The van der Waals surface area contributed by atoms with Crippen LogP contribution in [0.15, 0.2) is 16.2 Å². The minimum atomic E-state index is -0.00948. The second-order valence-corrected chi connectivity index (χ2v) is 5.34. The van der Waals surface area contributed by atoms with Crippen LogP contribution in [0.1, 0.15) is 32.6 Å². The summed E-state index contributed by atoms with van der Waals surface area (Å²) >= 11 is 1.49. The summed E-state index contributed by atoms with van der Waals surface area (Å²) < 4.78 is 5.31. The van der Waals surface area contributed by atoms with E-state index in [4.69, 9.17) is 10.3 Å². The van der Waals surface area contributed by atoms with Gasteiger partial charge in [0, 0.05) is 12.2 Å². The molecule has 0 amide bonds. The largest absolute Gasteiger partial charge is 0.339 e. The lowest BCUT2D eigenvalue weighted by atomic mass is 9.90. The predicted octanol–water partition coefficient (Wildman–Crippen LogP) is 2.28. The molecule has 2 aromatic heterocycles. The Hall–Kier alpha value is -1.27. The van der Waals surface area contributed by atoms with Crippen LogP contribution in [0.2, 0.25) is 0 Å². The Morgan fingerprint density at radius 1 is 1.35 bits per heavy atom. The molecule has 2 atom stereocenters. The van der Waals surface area contributed by atoms with Crippen LogP contribution in [0.4, 0.5) is 0 Å². The molecule has 0 aliphatic heterocycles. The lowest BCUT2D eigenvalue weighted by Crippen LogP contribution is -2.28. The fraction of sp³-hybridized carbons (Fsp3) is 0.545. The Kier molecular flexibility index (Phi) is 3.54. The summed E-state index contributed by atoms with van der Waals surface area (Å²) in [5.74, 6) is 1.65. The van der Waals surface area contributed by atoms with E-state index < -0.39 is 0 Å². The van der Waals surface area contributed by atoms with Crippen molar-refractivity contribution in [2.45, 2.75) is 32.7 Å². The molecule has 0 fully saturated rings. The van der Waals surface area contributed by atoms with E-state index in [0.29, 0.717) is 17.6 Å². The minimum absolute atomic E-state index is 0.00948. The van der Waals surface area contributed by atoms with E-state index in [1.54, 1.807) is 11.7 Å². The van der Waals surface area contributed by atoms with Gasteiger partial charge in [0.25, 0.3) is 0 Å². The molecule has 2 heterocycles. The smallest absolute Gasteiger partial charge is 0.231 e. The summed E-state index contributed by atoms with van der Waals surface area (Å²) in [5.41, 5.74) is 7.71. The lowest BCUT2D eigenvalue weighted by Gasteiger charge is -2.20. The molecule has 0 aromatic carbocycles. The van der Waals surface area contributed by atoms with Crippen LogP contribution in [0.25, 0.3) is 10.7 Å². The highest BCUT2D eigenvalue weighted by atomic mass is 32.1. The van der Waals surface area contributed by atoms with Crippen molar-refractivity contribution in [3.63, 3.8) is 0 Å². The Bertz CT molecular complexity index is 456. The highest BCUT2D eigenvalue weighted by Crippen LogP contribution is 2.28. The molecular weight excluding hydrogens is 236 g/mol. The molecule has 2 N–H and O–H groups in total. The zero-order chi connectivity index (χ0) is 12.4. The van der Waals surface area contributed by atoms with E-state index in [-0.39, 0.29) is 12.0 Å². The van der Waals surface area contributed by atoms with E-state index >= 15 is 0 Å². The highest BCUT2D eigenvalue weighted by molar-refractivity contribution is 7.13. The number of hydrogen-bond donors (Lipinski definition) is 1. The van der Waals surface area contributed by atoms with E-state index in [9.17, 15) is 0 Å². The van der Waals surface area contributed by atoms with Crippen molar-refractivity contribution in [3.05, 3.63) is 17.6 Å². The lowest BCUT2D eigenvalue weighted by molar-refractivity contribution is 0.300. The van der Waals surface area contributed by atoms with Crippen LogP contribution in [0.5, 0.6) is 0 Å². The second-order valence-electron chi connectivity index (χ2n) is 4.45. The predicted molar refractivity (Wildman–Crippen MR) is 66.6 cm³/mol. The molecular formula is C11H16N4OS. The van der Waals surface area contributed by atoms with Gasteiger partial charge in [0.05, 0.1) is 16.3 Å². The Morgan fingerprint density at radius 2 is 2.12 bits per heavy atom. The molecule has 0 saturated heterocycles. The minimum Gasteiger partial charge on any atom is -0.339 e. The number of aromatic nitrogens is 3. The first-order chi connectivity index (χ1) is 8.09. The number of nitrogens with two attached hydrogens (primary N) is 1. The topological polar surface area (TPSA) is 77.8 Å². The van der Waals surface area contributed by atoms with E-state index in [1.807, 2.05) is 6.92 Å². The first kappa shape index (κ1) is 12.2. The molecule has 0 saturated carbocycles. The first-order valence-corrected chi connectivity index (χ1v) is 6.45. The number of hydrogen-bond acceptors (Lipinski definition) is 6. The van der Waals surface area contributed by atoms with Gasteiger partial charge < -0.3 is 10.3 Å². The molecule has 2 rings (SSSR count).